The summed E-state index contributed by atoms with van der Waals surface area (Å²) in [7, 11) is 5.89. The predicted octanol–water partition coefficient (Wildman–Crippen LogP) is 2.52. The van der Waals surface area contributed by atoms with Gasteiger partial charge in [0.25, 0.3) is 0 Å². The summed E-state index contributed by atoms with van der Waals surface area (Å²) >= 11 is 0. The Bertz CT molecular complexity index is 653. The van der Waals surface area contributed by atoms with Crippen molar-refractivity contribution in [1.82, 2.24) is 25.3 Å². The maximum Gasteiger partial charge on any atom is 0.314 e. The van der Waals surface area contributed by atoms with Crippen molar-refractivity contribution in [1.29, 1.82) is 0 Å². The molecule has 0 bridgehead atoms. The van der Waals surface area contributed by atoms with Crippen LogP contribution in [0.4, 0.5) is 4.79 Å². The predicted molar refractivity (Wildman–Crippen MR) is 101 cm³/mol. The molecule has 0 aliphatic heterocycles. The van der Waals surface area contributed by atoms with Gasteiger partial charge >= 0.3 is 6.03 Å². The van der Waals surface area contributed by atoms with Crippen molar-refractivity contribution in [2.24, 2.45) is 7.05 Å². The molecule has 25 heavy (non-hydrogen) atoms. The first-order valence-corrected chi connectivity index (χ1v) is 8.69. The first-order chi connectivity index (χ1) is 12.0. The maximum absolute atomic E-state index is 12.1. The molecule has 1 aromatic carbocycles. The van der Waals surface area contributed by atoms with Crippen molar-refractivity contribution in [2.45, 2.75) is 25.3 Å². The Morgan fingerprint density at radius 3 is 2.52 bits per heavy atom. The van der Waals surface area contributed by atoms with E-state index in [1.54, 1.807) is 4.68 Å². The van der Waals surface area contributed by atoms with Crippen LogP contribution in [0.1, 0.15) is 36.4 Å². The van der Waals surface area contributed by atoms with E-state index in [9.17, 15) is 4.79 Å². The second kappa shape index (κ2) is 9.22. The van der Waals surface area contributed by atoms with Crippen LogP contribution in [0.15, 0.2) is 42.7 Å². The van der Waals surface area contributed by atoms with E-state index in [0.717, 1.165) is 12.0 Å². The van der Waals surface area contributed by atoms with Gasteiger partial charge in [-0.25, -0.2) is 4.79 Å². The molecule has 2 atom stereocenters. The molecule has 2 rings (SSSR count). The number of benzene rings is 1. The standard InChI is InChI=1S/C19H29N5O/c1-15(16-8-6-5-7-9-16)10-11-20-19(25)21-13-18(23(2)3)17-12-22-24(4)14-17/h5-9,12,14-15,18H,10-11,13H2,1-4H3,(H2,20,21,25)/t15-,18+/m0/s1. The molecule has 0 unspecified atom stereocenters. The van der Waals surface area contributed by atoms with Gasteiger partial charge in [0, 0.05) is 31.9 Å². The molecular formula is C19H29N5O. The third kappa shape index (κ3) is 5.90. The number of nitrogens with zero attached hydrogens (tertiary/aromatic N) is 3. The zero-order valence-corrected chi connectivity index (χ0v) is 15.6. The summed E-state index contributed by atoms with van der Waals surface area (Å²) < 4.78 is 1.77. The van der Waals surface area contributed by atoms with E-state index in [-0.39, 0.29) is 12.1 Å². The highest BCUT2D eigenvalue weighted by atomic mass is 16.2. The van der Waals surface area contributed by atoms with Gasteiger partial charge in [-0.3, -0.25) is 4.68 Å². The van der Waals surface area contributed by atoms with Gasteiger partial charge in [0.1, 0.15) is 0 Å². The number of carbonyl (C=O) groups is 1. The normalized spacial score (nSPS) is 13.5. The number of aryl methyl sites for hydroxylation is 1. The molecule has 2 amide bonds. The molecule has 1 aromatic heterocycles. The van der Waals surface area contributed by atoms with E-state index < -0.39 is 0 Å². The summed E-state index contributed by atoms with van der Waals surface area (Å²) in [6.45, 7) is 3.37. The molecule has 0 spiro atoms. The number of likely N-dealkylation sites (N-methyl/N-ethyl adjacent to an activating group) is 1. The second-order valence-electron chi connectivity index (χ2n) is 6.66. The van der Waals surface area contributed by atoms with Gasteiger partial charge in [0.15, 0.2) is 0 Å². The molecule has 2 N–H and O–H groups in total. The Hall–Kier alpha value is -2.34. The topological polar surface area (TPSA) is 62.2 Å². The number of amides is 2. The Morgan fingerprint density at radius 1 is 1.20 bits per heavy atom. The minimum atomic E-state index is -0.129. The maximum atomic E-state index is 12.1. The highest BCUT2D eigenvalue weighted by molar-refractivity contribution is 5.73. The minimum absolute atomic E-state index is 0.0997. The Labute approximate surface area is 150 Å². The SMILES string of the molecule is C[C@@H](CCNC(=O)NC[C@H](c1cnn(C)c1)N(C)C)c1ccccc1. The van der Waals surface area contributed by atoms with Crippen molar-refractivity contribution >= 4 is 6.03 Å². The molecular weight excluding hydrogens is 314 g/mol. The van der Waals surface area contributed by atoms with Gasteiger partial charge in [-0.1, -0.05) is 37.3 Å². The number of carbonyl (C=O) groups excluding carboxylic acids is 1. The molecule has 0 saturated carbocycles. The van der Waals surface area contributed by atoms with Crippen LogP contribution in [0, 0.1) is 0 Å². The molecule has 0 saturated heterocycles. The van der Waals surface area contributed by atoms with Crippen LogP contribution in [0.2, 0.25) is 0 Å². The van der Waals surface area contributed by atoms with Crippen LogP contribution in [0.3, 0.4) is 0 Å². The molecule has 0 radical (unpaired) electrons. The molecule has 0 fully saturated rings. The van der Waals surface area contributed by atoms with Crippen LogP contribution >= 0.6 is 0 Å². The Kier molecular flexibility index (Phi) is 7.01. The van der Waals surface area contributed by atoms with Gasteiger partial charge < -0.3 is 15.5 Å². The van der Waals surface area contributed by atoms with Crippen LogP contribution in [0.25, 0.3) is 0 Å². The highest BCUT2D eigenvalue weighted by Crippen LogP contribution is 2.18. The van der Waals surface area contributed by atoms with Crippen LogP contribution in [0.5, 0.6) is 0 Å². The van der Waals surface area contributed by atoms with E-state index in [0.29, 0.717) is 19.0 Å². The van der Waals surface area contributed by atoms with Crippen LogP contribution in [-0.2, 0) is 7.05 Å². The zero-order chi connectivity index (χ0) is 18.2. The number of hydrogen-bond acceptors (Lipinski definition) is 3. The molecule has 6 heteroatoms. The van der Waals surface area contributed by atoms with Gasteiger partial charge in [-0.05, 0) is 32.0 Å². The summed E-state index contributed by atoms with van der Waals surface area (Å²) in [5, 5.41) is 10.1. The molecule has 0 aliphatic carbocycles. The van der Waals surface area contributed by atoms with Crippen molar-refractivity contribution in [2.75, 3.05) is 27.2 Å². The van der Waals surface area contributed by atoms with E-state index in [1.165, 1.54) is 5.56 Å². The molecule has 2 aromatic rings. The minimum Gasteiger partial charge on any atom is -0.338 e. The summed E-state index contributed by atoms with van der Waals surface area (Å²) in [5.74, 6) is 0.423. The largest absolute Gasteiger partial charge is 0.338 e. The van der Waals surface area contributed by atoms with Crippen molar-refractivity contribution in [3.05, 3.63) is 53.9 Å². The van der Waals surface area contributed by atoms with E-state index in [2.05, 4.69) is 39.7 Å². The van der Waals surface area contributed by atoms with E-state index >= 15 is 0 Å². The zero-order valence-electron chi connectivity index (χ0n) is 15.6. The van der Waals surface area contributed by atoms with Crippen molar-refractivity contribution < 1.29 is 4.79 Å². The lowest BCUT2D eigenvalue weighted by Crippen LogP contribution is -2.40. The smallest absolute Gasteiger partial charge is 0.314 e. The Balaban J connectivity index is 1.74. The van der Waals surface area contributed by atoms with Gasteiger partial charge in [-0.2, -0.15) is 5.10 Å². The first kappa shape index (κ1) is 19.0. The average molecular weight is 343 g/mol. The van der Waals surface area contributed by atoms with Crippen LogP contribution in [-0.4, -0.2) is 47.9 Å². The molecule has 0 aliphatic rings. The lowest BCUT2D eigenvalue weighted by Gasteiger charge is -2.23. The Morgan fingerprint density at radius 2 is 1.92 bits per heavy atom. The van der Waals surface area contributed by atoms with Crippen molar-refractivity contribution in [3.8, 4) is 0 Å². The van der Waals surface area contributed by atoms with Gasteiger partial charge in [-0.15, -0.1) is 0 Å². The van der Waals surface area contributed by atoms with E-state index in [4.69, 9.17) is 0 Å². The lowest BCUT2D eigenvalue weighted by molar-refractivity contribution is 0.232. The summed E-state index contributed by atoms with van der Waals surface area (Å²) in [6.07, 6.45) is 4.73. The summed E-state index contributed by atoms with van der Waals surface area (Å²) in [4.78, 5) is 14.1. The third-order valence-electron chi connectivity index (χ3n) is 4.42. The number of rotatable bonds is 8. The average Bonchev–Trinajstić information content (AvgIpc) is 3.01. The summed E-state index contributed by atoms with van der Waals surface area (Å²) in [5.41, 5.74) is 2.39. The fourth-order valence-corrected chi connectivity index (χ4v) is 2.81. The molecule has 6 nitrogen and oxygen atoms in total. The first-order valence-electron chi connectivity index (χ1n) is 8.69. The third-order valence-corrected chi connectivity index (χ3v) is 4.42. The quantitative estimate of drug-likeness (QED) is 0.774. The number of nitrogens with one attached hydrogen (secondary N) is 2. The second-order valence-corrected chi connectivity index (χ2v) is 6.66. The molecule has 1 heterocycles. The van der Waals surface area contributed by atoms with Crippen molar-refractivity contribution in [3.63, 3.8) is 0 Å². The number of aromatic nitrogens is 2. The van der Waals surface area contributed by atoms with E-state index in [1.807, 2.05) is 51.7 Å². The monoisotopic (exact) mass is 343 g/mol. The fraction of sp³-hybridized carbons (Fsp3) is 0.474. The van der Waals surface area contributed by atoms with Gasteiger partial charge in [0.2, 0.25) is 0 Å². The van der Waals surface area contributed by atoms with Gasteiger partial charge in [0.05, 0.1) is 12.2 Å². The lowest BCUT2D eigenvalue weighted by atomic mass is 9.98. The highest BCUT2D eigenvalue weighted by Gasteiger charge is 2.16. The van der Waals surface area contributed by atoms with Crippen LogP contribution < -0.4 is 10.6 Å². The number of hydrogen-bond donors (Lipinski definition) is 2. The fourth-order valence-electron chi connectivity index (χ4n) is 2.81. The summed E-state index contributed by atoms with van der Waals surface area (Å²) in [6, 6.07) is 10.3. The molecule has 136 valence electrons. The number of urea groups is 1.